The van der Waals surface area contributed by atoms with Crippen molar-refractivity contribution in [2.45, 2.75) is 13.8 Å². The highest BCUT2D eigenvalue weighted by atomic mass is 15.0. The van der Waals surface area contributed by atoms with E-state index in [0.717, 1.165) is 11.3 Å². The molecule has 0 fully saturated rings. The van der Waals surface area contributed by atoms with Crippen LogP contribution in [0.25, 0.3) is 0 Å². The largest absolute Gasteiger partial charge is 0.366 e. The lowest BCUT2D eigenvalue weighted by atomic mass is 10.2. The highest BCUT2D eigenvalue weighted by Gasteiger charge is 2.00. The summed E-state index contributed by atoms with van der Waals surface area (Å²) in [6.45, 7) is 4.68. The summed E-state index contributed by atoms with van der Waals surface area (Å²) in [6.07, 6.45) is 5.40. The Balaban J connectivity index is 0.000000336. The maximum atomic E-state index is 4.04. The third kappa shape index (κ3) is 1.81. The van der Waals surface area contributed by atoms with Crippen LogP contribution in [0.5, 0.6) is 0 Å². The van der Waals surface area contributed by atoms with E-state index >= 15 is 0 Å². The molecule has 12 heavy (non-hydrogen) atoms. The van der Waals surface area contributed by atoms with E-state index < -0.39 is 0 Å². The molecule has 0 radical (unpaired) electrons. The lowest BCUT2D eigenvalue weighted by Gasteiger charge is -2.09. The summed E-state index contributed by atoms with van der Waals surface area (Å²) in [7, 11) is 0. The van der Waals surface area contributed by atoms with Gasteiger partial charge in [-0.15, -0.1) is 0 Å². The molecule has 3 heteroatoms. The summed E-state index contributed by atoms with van der Waals surface area (Å²) in [5.41, 5.74) is 2.18. The van der Waals surface area contributed by atoms with Crippen LogP contribution in [0.3, 0.4) is 0 Å². The predicted molar refractivity (Wildman–Crippen MR) is 51.7 cm³/mol. The number of rotatable bonds is 0. The second kappa shape index (κ2) is 4.49. The molecule has 0 unspecified atom stereocenters. The molecule has 0 aliphatic carbocycles. The molecule has 1 aromatic heterocycles. The van der Waals surface area contributed by atoms with Gasteiger partial charge in [0.1, 0.15) is 6.67 Å². The summed E-state index contributed by atoms with van der Waals surface area (Å²) >= 11 is 0. The Hall–Kier alpha value is -1.38. The van der Waals surface area contributed by atoms with Crippen molar-refractivity contribution >= 4 is 11.9 Å². The predicted octanol–water partition coefficient (Wildman–Crippen LogP) is 1.91. The lowest BCUT2D eigenvalue weighted by molar-refractivity contribution is 1.12. The van der Waals surface area contributed by atoms with Crippen molar-refractivity contribution in [3.05, 3.63) is 24.0 Å². The number of fused-ring (bicyclic) bond motifs is 1. The fourth-order valence-corrected chi connectivity index (χ4v) is 0.945. The Morgan fingerprint density at radius 1 is 1.42 bits per heavy atom. The van der Waals surface area contributed by atoms with E-state index in [0.29, 0.717) is 6.67 Å². The average molecular weight is 163 g/mol. The molecule has 1 aliphatic heterocycles. The zero-order valence-corrected chi connectivity index (χ0v) is 7.41. The van der Waals surface area contributed by atoms with Gasteiger partial charge in [-0.05, 0) is 6.07 Å². The van der Waals surface area contributed by atoms with Gasteiger partial charge in [-0.3, -0.25) is 9.98 Å². The lowest BCUT2D eigenvalue weighted by Crippen LogP contribution is -2.07. The summed E-state index contributed by atoms with van der Waals surface area (Å²) in [6, 6.07) is 1.94. The summed E-state index contributed by atoms with van der Waals surface area (Å²) in [4.78, 5) is 8.01. The quantitative estimate of drug-likeness (QED) is 0.634. The molecular weight excluding hydrogens is 150 g/mol. The number of hydrogen-bond donors (Lipinski definition) is 1. The highest BCUT2D eigenvalue weighted by molar-refractivity contribution is 5.88. The summed E-state index contributed by atoms with van der Waals surface area (Å²) in [5, 5.41) is 3.12. The normalized spacial score (nSPS) is 12.2. The van der Waals surface area contributed by atoms with E-state index in [2.05, 4.69) is 15.3 Å². The first kappa shape index (κ1) is 8.71. The number of nitrogens with zero attached hydrogens (tertiary/aromatic N) is 2. The molecule has 64 valence electrons. The molecule has 0 aromatic carbocycles. The zero-order valence-electron chi connectivity index (χ0n) is 7.41. The van der Waals surface area contributed by atoms with Crippen LogP contribution in [0, 0.1) is 0 Å². The van der Waals surface area contributed by atoms with Crippen LogP contribution in [0.2, 0.25) is 0 Å². The molecule has 1 aromatic rings. The van der Waals surface area contributed by atoms with Crippen LogP contribution in [0.1, 0.15) is 19.4 Å². The summed E-state index contributed by atoms with van der Waals surface area (Å²) in [5.74, 6) is 0. The minimum absolute atomic E-state index is 0.678. The first-order valence-corrected chi connectivity index (χ1v) is 4.14. The van der Waals surface area contributed by atoms with Gasteiger partial charge in [-0.2, -0.15) is 0 Å². The Morgan fingerprint density at radius 3 is 3.00 bits per heavy atom. The van der Waals surface area contributed by atoms with Crippen LogP contribution >= 0.6 is 0 Å². The van der Waals surface area contributed by atoms with Crippen LogP contribution in [-0.2, 0) is 0 Å². The molecule has 3 nitrogen and oxygen atoms in total. The number of nitrogens with one attached hydrogen (secondary N) is 1. The van der Waals surface area contributed by atoms with Crippen molar-refractivity contribution in [3.63, 3.8) is 0 Å². The second-order valence-electron chi connectivity index (χ2n) is 2.11. The Bertz CT molecular complexity index is 268. The molecule has 0 spiro atoms. The first-order valence-electron chi connectivity index (χ1n) is 4.14. The van der Waals surface area contributed by atoms with Gasteiger partial charge < -0.3 is 5.32 Å². The van der Waals surface area contributed by atoms with Crippen LogP contribution in [0.4, 0.5) is 5.69 Å². The molecule has 0 saturated carbocycles. The molecular formula is C9H13N3. The highest BCUT2D eigenvalue weighted by Crippen LogP contribution is 2.12. The van der Waals surface area contributed by atoms with E-state index in [4.69, 9.17) is 0 Å². The van der Waals surface area contributed by atoms with Gasteiger partial charge in [0.05, 0.1) is 0 Å². The average Bonchev–Trinajstić information content (AvgIpc) is 2.21. The van der Waals surface area contributed by atoms with E-state index in [-0.39, 0.29) is 0 Å². The second-order valence-corrected chi connectivity index (χ2v) is 2.11. The van der Waals surface area contributed by atoms with Crippen LogP contribution in [-0.4, -0.2) is 17.9 Å². The Morgan fingerprint density at radius 2 is 2.25 bits per heavy atom. The van der Waals surface area contributed by atoms with Crippen molar-refractivity contribution in [3.8, 4) is 0 Å². The maximum absolute atomic E-state index is 4.04. The van der Waals surface area contributed by atoms with E-state index in [9.17, 15) is 0 Å². The zero-order chi connectivity index (χ0) is 8.81. The fraction of sp³-hybridized carbons (Fsp3) is 0.333. The van der Waals surface area contributed by atoms with Gasteiger partial charge in [-0.25, -0.2) is 0 Å². The van der Waals surface area contributed by atoms with Crippen molar-refractivity contribution in [2.24, 2.45) is 4.99 Å². The molecule has 1 N–H and O–H groups in total. The third-order valence-corrected chi connectivity index (χ3v) is 1.44. The van der Waals surface area contributed by atoms with Gasteiger partial charge in [0.2, 0.25) is 0 Å². The van der Waals surface area contributed by atoms with Crippen molar-refractivity contribution < 1.29 is 0 Å². The third-order valence-electron chi connectivity index (χ3n) is 1.44. The fourth-order valence-electron chi connectivity index (χ4n) is 0.945. The molecule has 0 amide bonds. The van der Waals surface area contributed by atoms with Gasteiger partial charge in [-0.1, -0.05) is 13.8 Å². The van der Waals surface area contributed by atoms with Crippen LogP contribution < -0.4 is 5.32 Å². The monoisotopic (exact) mass is 163 g/mol. The summed E-state index contributed by atoms with van der Waals surface area (Å²) < 4.78 is 0. The van der Waals surface area contributed by atoms with E-state index in [1.165, 1.54) is 0 Å². The molecule has 0 saturated heterocycles. The number of pyridine rings is 1. The van der Waals surface area contributed by atoms with Gasteiger partial charge >= 0.3 is 0 Å². The molecule has 2 heterocycles. The minimum atomic E-state index is 0.678. The van der Waals surface area contributed by atoms with Crippen molar-refractivity contribution in [1.82, 2.24) is 4.98 Å². The smallest absolute Gasteiger partial charge is 0.107 e. The van der Waals surface area contributed by atoms with Crippen molar-refractivity contribution in [2.75, 3.05) is 12.0 Å². The standard InChI is InChI=1S/C7H7N3.C2H6/c1-2-8-3-6-4-9-5-10-7(1)6;1-2/h1-4,10H,5H2;1-2H3. The van der Waals surface area contributed by atoms with Gasteiger partial charge in [0.15, 0.2) is 0 Å². The Kier molecular flexibility index (Phi) is 3.26. The number of anilines is 1. The van der Waals surface area contributed by atoms with Gasteiger partial charge in [0.25, 0.3) is 0 Å². The molecule has 1 aliphatic rings. The number of aliphatic imine (C=N–C) groups is 1. The molecule has 0 bridgehead atoms. The minimum Gasteiger partial charge on any atom is -0.366 e. The van der Waals surface area contributed by atoms with Crippen molar-refractivity contribution in [1.29, 1.82) is 0 Å². The van der Waals surface area contributed by atoms with Gasteiger partial charge in [0, 0.05) is 29.9 Å². The van der Waals surface area contributed by atoms with Crippen LogP contribution in [0.15, 0.2) is 23.5 Å². The first-order chi connectivity index (χ1) is 5.97. The Labute approximate surface area is 72.6 Å². The molecule has 2 rings (SSSR count). The SMILES string of the molecule is C1=NCNc2ccncc21.CC. The topological polar surface area (TPSA) is 37.3 Å². The van der Waals surface area contributed by atoms with E-state index in [1.54, 1.807) is 12.4 Å². The maximum Gasteiger partial charge on any atom is 0.107 e. The number of aromatic nitrogens is 1. The molecule has 0 atom stereocenters. The van der Waals surface area contributed by atoms with E-state index in [1.807, 2.05) is 26.1 Å². The number of hydrogen-bond acceptors (Lipinski definition) is 3.